The summed E-state index contributed by atoms with van der Waals surface area (Å²) in [6.45, 7) is 5.20. The first-order valence-corrected chi connectivity index (χ1v) is 12.1. The number of amides is 1. The number of thioether (sulfide) groups is 1. The first-order valence-electron chi connectivity index (χ1n) is 9.72. The van der Waals surface area contributed by atoms with E-state index in [2.05, 4.69) is 24.8 Å². The van der Waals surface area contributed by atoms with Crippen molar-refractivity contribution in [3.8, 4) is 0 Å². The van der Waals surface area contributed by atoms with Crippen molar-refractivity contribution in [1.82, 2.24) is 0 Å². The number of primary sulfonamides is 1. The van der Waals surface area contributed by atoms with E-state index in [1.807, 2.05) is 34.9 Å². The van der Waals surface area contributed by atoms with Crippen LogP contribution in [0.2, 0.25) is 0 Å². The second-order valence-corrected chi connectivity index (χ2v) is 10.8. The largest absolute Gasteiger partial charge is 0.359 e. The molecule has 2 aromatic carbocycles. The van der Waals surface area contributed by atoms with E-state index in [-0.39, 0.29) is 23.4 Å². The van der Waals surface area contributed by atoms with Crippen LogP contribution in [0.4, 0.5) is 11.4 Å². The molecule has 2 N–H and O–H groups in total. The van der Waals surface area contributed by atoms with Crippen LogP contribution in [-0.4, -0.2) is 38.7 Å². The third-order valence-electron chi connectivity index (χ3n) is 5.59. The number of hydrogen-bond donors (Lipinski definition) is 1. The summed E-state index contributed by atoms with van der Waals surface area (Å²) in [6.07, 6.45) is 1.63. The van der Waals surface area contributed by atoms with Gasteiger partial charge in [0.15, 0.2) is 0 Å². The SMILES string of the molecule is C[C@H]1CCN(C(=O)CN2c3ccc(S(N)(=O)=O)cc3C[C@@H]2C)c2ccccc2S1. The molecular formula is C21H25N3O3S2. The van der Waals surface area contributed by atoms with Crippen molar-refractivity contribution in [2.75, 3.05) is 22.9 Å². The highest BCUT2D eigenvalue weighted by Crippen LogP contribution is 2.38. The van der Waals surface area contributed by atoms with E-state index in [9.17, 15) is 13.2 Å². The van der Waals surface area contributed by atoms with Gasteiger partial charge in [0.2, 0.25) is 15.9 Å². The summed E-state index contributed by atoms with van der Waals surface area (Å²) in [5.74, 6) is 0.0578. The molecule has 0 aliphatic carbocycles. The number of hydrogen-bond acceptors (Lipinski definition) is 5. The quantitative estimate of drug-likeness (QED) is 0.808. The molecule has 0 saturated heterocycles. The summed E-state index contributed by atoms with van der Waals surface area (Å²) in [6, 6.07) is 13.1. The standard InChI is InChI=1S/C21H25N3O3S2/c1-14-11-16-12-17(29(22,26)27)7-8-18(16)24(14)13-21(25)23-10-9-15(2)28-20-6-4-3-5-19(20)23/h3-8,12,14-15H,9-11,13H2,1-2H3,(H2,22,26,27)/t14-,15-/m0/s1. The first-order chi connectivity index (χ1) is 13.7. The molecule has 0 saturated carbocycles. The lowest BCUT2D eigenvalue weighted by molar-refractivity contribution is -0.117. The molecule has 1 amide bonds. The van der Waals surface area contributed by atoms with Gasteiger partial charge in [-0.1, -0.05) is 19.1 Å². The Morgan fingerprint density at radius 2 is 1.93 bits per heavy atom. The van der Waals surface area contributed by atoms with Crippen LogP contribution in [0.1, 0.15) is 25.8 Å². The van der Waals surface area contributed by atoms with Crippen LogP contribution >= 0.6 is 11.8 Å². The Morgan fingerprint density at radius 3 is 2.69 bits per heavy atom. The third-order valence-corrected chi connectivity index (χ3v) is 7.73. The van der Waals surface area contributed by atoms with Gasteiger partial charge in [0.1, 0.15) is 0 Å². The van der Waals surface area contributed by atoms with Gasteiger partial charge in [-0.05, 0) is 55.7 Å². The van der Waals surface area contributed by atoms with Crippen molar-refractivity contribution in [2.24, 2.45) is 5.14 Å². The molecule has 2 atom stereocenters. The number of carbonyl (C=O) groups is 1. The van der Waals surface area contributed by atoms with Crippen molar-refractivity contribution in [3.63, 3.8) is 0 Å². The average Bonchev–Trinajstić information content (AvgIpc) is 2.86. The fraction of sp³-hybridized carbons (Fsp3) is 0.381. The molecule has 8 heteroatoms. The van der Waals surface area contributed by atoms with Gasteiger partial charge < -0.3 is 9.80 Å². The minimum Gasteiger partial charge on any atom is -0.359 e. The predicted molar refractivity (Wildman–Crippen MR) is 117 cm³/mol. The van der Waals surface area contributed by atoms with Crippen LogP contribution in [0, 0.1) is 0 Å². The number of nitrogens with two attached hydrogens (primary N) is 1. The monoisotopic (exact) mass is 431 g/mol. The van der Waals surface area contributed by atoms with Gasteiger partial charge in [-0.25, -0.2) is 13.6 Å². The number of benzene rings is 2. The van der Waals surface area contributed by atoms with Crippen LogP contribution in [0.15, 0.2) is 52.3 Å². The fourth-order valence-electron chi connectivity index (χ4n) is 4.07. The minimum absolute atomic E-state index is 0.0578. The molecule has 4 rings (SSSR count). The lowest BCUT2D eigenvalue weighted by Gasteiger charge is -2.29. The van der Waals surface area contributed by atoms with Gasteiger partial charge in [0, 0.05) is 28.4 Å². The lowest BCUT2D eigenvalue weighted by Crippen LogP contribution is -2.43. The molecular weight excluding hydrogens is 406 g/mol. The summed E-state index contributed by atoms with van der Waals surface area (Å²) in [7, 11) is -3.74. The fourth-order valence-corrected chi connectivity index (χ4v) is 5.74. The number of para-hydroxylation sites is 1. The van der Waals surface area contributed by atoms with E-state index >= 15 is 0 Å². The lowest BCUT2D eigenvalue weighted by atomic mass is 10.1. The van der Waals surface area contributed by atoms with Crippen LogP contribution in [0.25, 0.3) is 0 Å². The molecule has 2 aromatic rings. The van der Waals surface area contributed by atoms with Crippen LogP contribution in [-0.2, 0) is 21.2 Å². The zero-order valence-corrected chi connectivity index (χ0v) is 18.2. The van der Waals surface area contributed by atoms with Crippen LogP contribution < -0.4 is 14.9 Å². The molecule has 29 heavy (non-hydrogen) atoms. The number of rotatable bonds is 3. The molecule has 2 heterocycles. The Bertz CT molecular complexity index is 1050. The molecule has 0 radical (unpaired) electrons. The third kappa shape index (κ3) is 4.01. The second kappa shape index (κ2) is 7.66. The van der Waals surface area contributed by atoms with Crippen LogP contribution in [0.5, 0.6) is 0 Å². The van der Waals surface area contributed by atoms with Crippen molar-refractivity contribution >= 4 is 39.1 Å². The maximum atomic E-state index is 13.3. The van der Waals surface area contributed by atoms with Crippen molar-refractivity contribution in [3.05, 3.63) is 48.0 Å². The van der Waals surface area contributed by atoms with E-state index in [0.29, 0.717) is 18.2 Å². The normalized spacial score (nSPS) is 21.5. The Balaban J connectivity index is 1.60. The summed E-state index contributed by atoms with van der Waals surface area (Å²) in [4.78, 5) is 18.5. The molecule has 2 aliphatic rings. The summed E-state index contributed by atoms with van der Waals surface area (Å²) >= 11 is 1.81. The highest BCUT2D eigenvalue weighted by atomic mass is 32.2. The van der Waals surface area contributed by atoms with Gasteiger partial charge in [-0.2, -0.15) is 0 Å². The zero-order valence-electron chi connectivity index (χ0n) is 16.5. The van der Waals surface area contributed by atoms with Gasteiger partial charge in [0.05, 0.1) is 17.1 Å². The van der Waals surface area contributed by atoms with E-state index in [1.54, 1.807) is 12.1 Å². The number of carbonyl (C=O) groups excluding carboxylic acids is 1. The number of fused-ring (bicyclic) bond motifs is 2. The summed E-state index contributed by atoms with van der Waals surface area (Å²) < 4.78 is 23.3. The van der Waals surface area contributed by atoms with Crippen LogP contribution in [0.3, 0.4) is 0 Å². The highest BCUT2D eigenvalue weighted by Gasteiger charge is 2.31. The molecule has 154 valence electrons. The Labute approximate surface area is 176 Å². The maximum Gasteiger partial charge on any atom is 0.246 e. The van der Waals surface area contributed by atoms with Gasteiger partial charge in [-0.15, -0.1) is 11.8 Å². The molecule has 0 spiro atoms. The predicted octanol–water partition coefficient (Wildman–Crippen LogP) is 3.00. The Hall–Kier alpha value is -2.03. The van der Waals surface area contributed by atoms with E-state index in [4.69, 9.17) is 5.14 Å². The van der Waals surface area contributed by atoms with Gasteiger partial charge >= 0.3 is 0 Å². The number of sulfonamides is 1. The molecule has 0 fully saturated rings. The Kier molecular flexibility index (Phi) is 5.35. The maximum absolute atomic E-state index is 13.3. The van der Waals surface area contributed by atoms with Crippen molar-refractivity contribution < 1.29 is 13.2 Å². The number of anilines is 2. The summed E-state index contributed by atoms with van der Waals surface area (Å²) in [5.41, 5.74) is 2.80. The second-order valence-electron chi connectivity index (χ2n) is 7.75. The Morgan fingerprint density at radius 1 is 1.17 bits per heavy atom. The van der Waals surface area contributed by atoms with Gasteiger partial charge in [0.25, 0.3) is 0 Å². The topological polar surface area (TPSA) is 83.7 Å². The molecule has 0 aromatic heterocycles. The van der Waals surface area contributed by atoms with E-state index in [0.717, 1.165) is 28.3 Å². The molecule has 0 unspecified atom stereocenters. The van der Waals surface area contributed by atoms with Crippen molar-refractivity contribution in [1.29, 1.82) is 0 Å². The van der Waals surface area contributed by atoms with E-state index < -0.39 is 10.0 Å². The zero-order chi connectivity index (χ0) is 20.8. The van der Waals surface area contributed by atoms with Crippen molar-refractivity contribution in [2.45, 2.75) is 47.8 Å². The number of nitrogens with zero attached hydrogens (tertiary/aromatic N) is 2. The molecule has 2 aliphatic heterocycles. The highest BCUT2D eigenvalue weighted by molar-refractivity contribution is 8.00. The average molecular weight is 432 g/mol. The van der Waals surface area contributed by atoms with E-state index in [1.165, 1.54) is 6.07 Å². The minimum atomic E-state index is -3.74. The molecule has 6 nitrogen and oxygen atoms in total. The first kappa shape index (κ1) is 20.3. The van der Waals surface area contributed by atoms with Gasteiger partial charge in [-0.3, -0.25) is 4.79 Å². The molecule has 0 bridgehead atoms. The summed E-state index contributed by atoms with van der Waals surface area (Å²) in [5, 5.41) is 5.72. The smallest absolute Gasteiger partial charge is 0.246 e.